The topological polar surface area (TPSA) is 43.1 Å². The number of nitro benzene ring substituents is 1. The Labute approximate surface area is 97.5 Å². The maximum absolute atomic E-state index is 13.3. The van der Waals surface area contributed by atoms with Crippen molar-refractivity contribution in [2.24, 2.45) is 0 Å². The largest absolute Gasteiger partial charge is 0.313 e. The summed E-state index contributed by atoms with van der Waals surface area (Å²) < 4.78 is 39.5. The molecule has 0 aliphatic heterocycles. The van der Waals surface area contributed by atoms with Gasteiger partial charge in [-0.15, -0.1) is 0 Å². The van der Waals surface area contributed by atoms with Crippen LogP contribution in [0.15, 0.2) is 12.1 Å². The van der Waals surface area contributed by atoms with Crippen LogP contribution in [-0.2, 0) is 11.3 Å². The number of benzene rings is 1. The van der Waals surface area contributed by atoms with Gasteiger partial charge in [-0.25, -0.2) is 8.78 Å². The van der Waals surface area contributed by atoms with E-state index in [9.17, 15) is 23.3 Å². The third kappa shape index (κ3) is 2.52. The molecular formula is C9H7BrF3NO2. The van der Waals surface area contributed by atoms with E-state index in [0.29, 0.717) is 6.92 Å². The van der Waals surface area contributed by atoms with Crippen molar-refractivity contribution in [3.05, 3.63) is 39.2 Å². The van der Waals surface area contributed by atoms with Crippen molar-refractivity contribution in [3.8, 4) is 0 Å². The molecule has 16 heavy (non-hydrogen) atoms. The summed E-state index contributed by atoms with van der Waals surface area (Å²) in [5.74, 6) is -4.71. The van der Waals surface area contributed by atoms with Gasteiger partial charge in [0.1, 0.15) is 5.56 Å². The molecule has 0 bridgehead atoms. The van der Waals surface area contributed by atoms with Crippen molar-refractivity contribution in [3.63, 3.8) is 0 Å². The summed E-state index contributed by atoms with van der Waals surface area (Å²) in [4.78, 5) is 9.37. The van der Waals surface area contributed by atoms with Gasteiger partial charge in [0.25, 0.3) is 5.92 Å². The minimum absolute atomic E-state index is 0.144. The zero-order chi connectivity index (χ0) is 12.5. The molecule has 0 saturated carbocycles. The van der Waals surface area contributed by atoms with Crippen molar-refractivity contribution in [1.29, 1.82) is 0 Å². The maximum atomic E-state index is 13.3. The highest BCUT2D eigenvalue weighted by Gasteiger charge is 2.36. The van der Waals surface area contributed by atoms with Crippen LogP contribution in [0, 0.1) is 15.9 Å². The van der Waals surface area contributed by atoms with Gasteiger partial charge in [-0.3, -0.25) is 10.1 Å². The smallest absolute Gasteiger partial charge is 0.258 e. The first-order valence-electron chi connectivity index (χ1n) is 4.18. The van der Waals surface area contributed by atoms with Crippen molar-refractivity contribution in [2.75, 3.05) is 0 Å². The lowest BCUT2D eigenvalue weighted by Crippen LogP contribution is -2.12. The Morgan fingerprint density at radius 3 is 2.44 bits per heavy atom. The van der Waals surface area contributed by atoms with Crippen LogP contribution < -0.4 is 0 Å². The number of hydrogen-bond acceptors (Lipinski definition) is 2. The van der Waals surface area contributed by atoms with E-state index in [1.54, 1.807) is 0 Å². The highest BCUT2D eigenvalue weighted by atomic mass is 79.9. The summed E-state index contributed by atoms with van der Waals surface area (Å²) in [5.41, 5.74) is -1.86. The van der Waals surface area contributed by atoms with Crippen molar-refractivity contribution in [2.45, 2.75) is 18.2 Å². The van der Waals surface area contributed by atoms with Crippen LogP contribution in [0.3, 0.4) is 0 Å². The molecule has 1 rings (SSSR count). The van der Waals surface area contributed by atoms with Gasteiger partial charge in [-0.05, 0) is 17.7 Å². The van der Waals surface area contributed by atoms with E-state index in [1.165, 1.54) is 0 Å². The summed E-state index contributed by atoms with van der Waals surface area (Å²) >= 11 is 2.97. The van der Waals surface area contributed by atoms with Crippen LogP contribution in [0.5, 0.6) is 0 Å². The Morgan fingerprint density at radius 1 is 1.50 bits per heavy atom. The second kappa shape index (κ2) is 4.40. The van der Waals surface area contributed by atoms with Crippen LogP contribution in [0.1, 0.15) is 18.1 Å². The van der Waals surface area contributed by atoms with Gasteiger partial charge < -0.3 is 0 Å². The molecule has 0 fully saturated rings. The summed E-state index contributed by atoms with van der Waals surface area (Å²) in [6.07, 6.45) is 0. The molecule has 0 unspecified atom stereocenters. The van der Waals surface area contributed by atoms with Crippen LogP contribution in [0.4, 0.5) is 18.9 Å². The number of alkyl halides is 3. The van der Waals surface area contributed by atoms with Gasteiger partial charge in [-0.2, -0.15) is 4.39 Å². The molecule has 0 N–H and O–H groups in total. The van der Waals surface area contributed by atoms with Crippen LogP contribution in [0.25, 0.3) is 0 Å². The summed E-state index contributed by atoms with van der Waals surface area (Å²) in [6, 6.07) is 1.79. The van der Waals surface area contributed by atoms with Gasteiger partial charge >= 0.3 is 5.69 Å². The average Bonchev–Trinajstić information content (AvgIpc) is 2.14. The molecule has 1 aromatic carbocycles. The molecule has 0 atom stereocenters. The third-order valence-electron chi connectivity index (χ3n) is 1.93. The van der Waals surface area contributed by atoms with E-state index in [4.69, 9.17) is 0 Å². The van der Waals surface area contributed by atoms with Crippen molar-refractivity contribution < 1.29 is 18.1 Å². The Kier molecular flexibility index (Phi) is 3.57. The van der Waals surface area contributed by atoms with E-state index >= 15 is 0 Å². The highest BCUT2D eigenvalue weighted by molar-refractivity contribution is 9.08. The van der Waals surface area contributed by atoms with Gasteiger partial charge in [0, 0.05) is 12.3 Å². The van der Waals surface area contributed by atoms with E-state index < -0.39 is 27.9 Å². The van der Waals surface area contributed by atoms with E-state index in [0.717, 1.165) is 12.1 Å². The zero-order valence-corrected chi connectivity index (χ0v) is 9.72. The van der Waals surface area contributed by atoms with Crippen molar-refractivity contribution >= 4 is 21.6 Å². The maximum Gasteiger partial charge on any atom is 0.313 e. The molecule has 0 aromatic heterocycles. The lowest BCUT2D eigenvalue weighted by molar-refractivity contribution is -0.389. The van der Waals surface area contributed by atoms with E-state index in [2.05, 4.69) is 15.9 Å². The lowest BCUT2D eigenvalue weighted by atomic mass is 10.0. The van der Waals surface area contributed by atoms with Gasteiger partial charge in [0.15, 0.2) is 0 Å². The minimum atomic E-state index is -3.46. The first-order valence-corrected chi connectivity index (χ1v) is 5.30. The molecule has 7 heteroatoms. The quantitative estimate of drug-likeness (QED) is 0.484. The standard InChI is InChI=1S/C9H7BrF3NO2/c1-9(12,13)6-2-5(4-10)3-7(11)8(6)14(15)16/h2-3H,4H2,1H3. The monoisotopic (exact) mass is 297 g/mol. The fourth-order valence-corrected chi connectivity index (χ4v) is 1.58. The van der Waals surface area contributed by atoms with Gasteiger partial charge in [-0.1, -0.05) is 15.9 Å². The van der Waals surface area contributed by atoms with Gasteiger partial charge in [0.05, 0.1) is 4.92 Å². The molecule has 0 amide bonds. The number of rotatable bonds is 3. The molecule has 88 valence electrons. The predicted molar refractivity (Wildman–Crippen MR) is 55.3 cm³/mol. The van der Waals surface area contributed by atoms with E-state index in [-0.39, 0.29) is 10.9 Å². The minimum Gasteiger partial charge on any atom is -0.258 e. The zero-order valence-electron chi connectivity index (χ0n) is 8.14. The average molecular weight is 298 g/mol. The van der Waals surface area contributed by atoms with Crippen LogP contribution in [-0.4, -0.2) is 4.92 Å². The predicted octanol–water partition coefficient (Wildman–Crippen LogP) is 3.74. The summed E-state index contributed by atoms with van der Waals surface area (Å²) in [7, 11) is 0. The molecule has 0 aliphatic carbocycles. The van der Waals surface area contributed by atoms with E-state index in [1.807, 2.05) is 0 Å². The Balaban J connectivity index is 3.53. The molecule has 0 saturated heterocycles. The molecular weight excluding hydrogens is 291 g/mol. The third-order valence-corrected chi connectivity index (χ3v) is 2.58. The second-order valence-corrected chi connectivity index (χ2v) is 3.81. The van der Waals surface area contributed by atoms with Crippen LogP contribution in [0.2, 0.25) is 0 Å². The normalized spacial score (nSPS) is 11.6. The number of hydrogen-bond donors (Lipinski definition) is 0. The van der Waals surface area contributed by atoms with Crippen LogP contribution >= 0.6 is 15.9 Å². The van der Waals surface area contributed by atoms with Gasteiger partial charge in [0.2, 0.25) is 5.82 Å². The summed E-state index contributed by atoms with van der Waals surface area (Å²) in [6.45, 7) is 0.493. The molecule has 3 nitrogen and oxygen atoms in total. The molecule has 0 spiro atoms. The first-order chi connectivity index (χ1) is 7.27. The highest BCUT2D eigenvalue weighted by Crippen LogP contribution is 2.37. The molecule has 1 aromatic rings. The fourth-order valence-electron chi connectivity index (χ4n) is 1.25. The Hall–Kier alpha value is -1.11. The molecule has 0 heterocycles. The SMILES string of the molecule is CC(F)(F)c1cc(CBr)cc(F)c1[N+](=O)[O-]. The summed E-state index contributed by atoms with van der Waals surface area (Å²) in [5, 5.41) is 10.7. The number of nitro groups is 1. The first kappa shape index (κ1) is 13.0. The molecule has 0 radical (unpaired) electrons. The number of halogens is 4. The van der Waals surface area contributed by atoms with Crippen molar-refractivity contribution in [1.82, 2.24) is 0 Å². The number of nitrogens with zero attached hydrogens (tertiary/aromatic N) is 1. The lowest BCUT2D eigenvalue weighted by Gasteiger charge is -2.12. The molecule has 0 aliphatic rings. The second-order valence-electron chi connectivity index (χ2n) is 3.25. The Bertz CT molecular complexity index is 431. The fraction of sp³-hybridized carbons (Fsp3) is 0.333. The Morgan fingerprint density at radius 2 is 2.06 bits per heavy atom.